The molecule has 2 aromatic rings. The first-order chi connectivity index (χ1) is 8.76. The topological polar surface area (TPSA) is 53.6 Å². The highest BCUT2D eigenvalue weighted by Crippen LogP contribution is 2.24. The minimum absolute atomic E-state index is 0.435. The number of likely N-dealkylation sites (N-methyl/N-ethyl adjacent to an activating group) is 1. The van der Waals surface area contributed by atoms with Crippen molar-refractivity contribution in [3.05, 3.63) is 36.0 Å². The van der Waals surface area contributed by atoms with Crippen LogP contribution in [-0.2, 0) is 0 Å². The third kappa shape index (κ3) is 2.59. The Balaban J connectivity index is 2.32. The summed E-state index contributed by atoms with van der Waals surface area (Å²) >= 11 is 0. The fourth-order valence-corrected chi connectivity index (χ4v) is 2.15. The molecule has 0 saturated carbocycles. The first-order valence-corrected chi connectivity index (χ1v) is 6.37. The molecular weight excluding hydrogens is 224 g/mol. The van der Waals surface area contributed by atoms with Crippen LogP contribution in [0.5, 0.6) is 0 Å². The number of pyridine rings is 1. The molecule has 2 aromatic heterocycles. The maximum atomic E-state index is 4.75. The number of H-pyrrole nitrogens is 1. The lowest BCUT2D eigenvalue weighted by atomic mass is 10.1. The van der Waals surface area contributed by atoms with Gasteiger partial charge in [-0.3, -0.25) is 4.98 Å². The van der Waals surface area contributed by atoms with Gasteiger partial charge in [0.05, 0.1) is 5.69 Å². The Morgan fingerprint density at radius 3 is 2.67 bits per heavy atom. The number of rotatable bonds is 5. The van der Waals surface area contributed by atoms with Gasteiger partial charge in [-0.1, -0.05) is 6.92 Å². The minimum atomic E-state index is 0.435. The summed E-state index contributed by atoms with van der Waals surface area (Å²) in [5, 5.41) is 3.22. The lowest BCUT2D eigenvalue weighted by Gasteiger charge is -2.10. The molecule has 0 aliphatic rings. The van der Waals surface area contributed by atoms with Gasteiger partial charge in [-0.05, 0) is 32.5 Å². The summed E-state index contributed by atoms with van der Waals surface area (Å²) < 4.78 is 0. The van der Waals surface area contributed by atoms with Crippen LogP contribution in [0.25, 0.3) is 11.3 Å². The molecule has 96 valence electrons. The quantitative estimate of drug-likeness (QED) is 0.849. The summed E-state index contributed by atoms with van der Waals surface area (Å²) in [5.41, 5.74) is 3.26. The zero-order valence-corrected chi connectivity index (χ0v) is 11.2. The Bertz CT molecular complexity index is 490. The zero-order valence-electron chi connectivity index (χ0n) is 11.2. The predicted molar refractivity (Wildman–Crippen MR) is 73.5 cm³/mol. The number of aromatic nitrogens is 3. The molecule has 0 amide bonds. The van der Waals surface area contributed by atoms with E-state index in [1.807, 2.05) is 19.2 Å². The van der Waals surface area contributed by atoms with Gasteiger partial charge in [0, 0.05) is 36.1 Å². The summed E-state index contributed by atoms with van der Waals surface area (Å²) in [7, 11) is 1.97. The molecule has 0 radical (unpaired) electrons. The van der Waals surface area contributed by atoms with E-state index in [1.54, 1.807) is 12.4 Å². The van der Waals surface area contributed by atoms with Crippen LogP contribution >= 0.6 is 0 Å². The van der Waals surface area contributed by atoms with Crippen molar-refractivity contribution in [3.63, 3.8) is 0 Å². The van der Waals surface area contributed by atoms with Gasteiger partial charge in [0.15, 0.2) is 0 Å². The number of aryl methyl sites for hydroxylation is 1. The normalized spacial score (nSPS) is 12.6. The molecule has 0 aliphatic carbocycles. The Hall–Kier alpha value is -1.68. The van der Waals surface area contributed by atoms with E-state index in [0.717, 1.165) is 35.7 Å². The molecule has 2 N–H and O–H groups in total. The van der Waals surface area contributed by atoms with Crippen molar-refractivity contribution in [2.45, 2.75) is 26.2 Å². The largest absolute Gasteiger partial charge is 0.345 e. The number of hydrogen-bond donors (Lipinski definition) is 2. The molecular formula is C14H20N4. The molecule has 1 unspecified atom stereocenters. The van der Waals surface area contributed by atoms with Gasteiger partial charge in [0.1, 0.15) is 5.82 Å². The van der Waals surface area contributed by atoms with Crippen LogP contribution in [0.4, 0.5) is 0 Å². The van der Waals surface area contributed by atoms with Crippen LogP contribution in [0.1, 0.15) is 30.8 Å². The highest BCUT2D eigenvalue weighted by molar-refractivity contribution is 5.61. The van der Waals surface area contributed by atoms with Gasteiger partial charge in [0.25, 0.3) is 0 Å². The zero-order chi connectivity index (χ0) is 13.0. The minimum Gasteiger partial charge on any atom is -0.345 e. The fraction of sp³-hybridized carbons (Fsp3) is 0.429. The monoisotopic (exact) mass is 244 g/mol. The number of nitrogens with one attached hydrogen (secondary N) is 2. The lowest BCUT2D eigenvalue weighted by Crippen LogP contribution is -2.17. The van der Waals surface area contributed by atoms with Crippen LogP contribution in [-0.4, -0.2) is 28.5 Å². The summed E-state index contributed by atoms with van der Waals surface area (Å²) in [5.74, 6) is 1.50. The first-order valence-electron chi connectivity index (χ1n) is 6.37. The molecule has 4 nitrogen and oxygen atoms in total. The number of hydrogen-bond acceptors (Lipinski definition) is 3. The van der Waals surface area contributed by atoms with Crippen LogP contribution in [0.2, 0.25) is 0 Å². The number of nitrogens with zero attached hydrogens (tertiary/aromatic N) is 2. The van der Waals surface area contributed by atoms with Crippen molar-refractivity contribution in [1.29, 1.82) is 0 Å². The van der Waals surface area contributed by atoms with Crippen molar-refractivity contribution in [1.82, 2.24) is 20.3 Å². The van der Waals surface area contributed by atoms with Gasteiger partial charge in [-0.2, -0.15) is 0 Å². The standard InChI is InChI=1S/C14H20N4/c1-4-11(9-15-3)14-17-10(2)13(18-14)12-5-7-16-8-6-12/h5-8,11,15H,4,9H2,1-3H3,(H,17,18). The average Bonchev–Trinajstić information content (AvgIpc) is 2.79. The second kappa shape index (κ2) is 5.78. The molecule has 0 saturated heterocycles. The third-order valence-electron chi connectivity index (χ3n) is 3.19. The lowest BCUT2D eigenvalue weighted by molar-refractivity contribution is 0.585. The smallest absolute Gasteiger partial charge is 0.111 e. The van der Waals surface area contributed by atoms with Crippen LogP contribution < -0.4 is 5.32 Å². The van der Waals surface area contributed by atoms with Gasteiger partial charge in [0.2, 0.25) is 0 Å². The van der Waals surface area contributed by atoms with Crippen LogP contribution in [0.15, 0.2) is 24.5 Å². The van der Waals surface area contributed by atoms with Crippen LogP contribution in [0.3, 0.4) is 0 Å². The van der Waals surface area contributed by atoms with E-state index >= 15 is 0 Å². The highest BCUT2D eigenvalue weighted by Gasteiger charge is 2.15. The maximum Gasteiger partial charge on any atom is 0.111 e. The molecule has 2 rings (SSSR count). The van der Waals surface area contributed by atoms with Gasteiger partial charge < -0.3 is 10.3 Å². The van der Waals surface area contributed by atoms with Gasteiger partial charge in [-0.15, -0.1) is 0 Å². The van der Waals surface area contributed by atoms with Gasteiger partial charge >= 0.3 is 0 Å². The fourth-order valence-electron chi connectivity index (χ4n) is 2.15. The molecule has 18 heavy (non-hydrogen) atoms. The summed E-state index contributed by atoms with van der Waals surface area (Å²) in [4.78, 5) is 12.2. The Labute approximate surface area is 108 Å². The van der Waals surface area contributed by atoms with E-state index in [-0.39, 0.29) is 0 Å². The van der Waals surface area contributed by atoms with Crippen molar-refractivity contribution in [3.8, 4) is 11.3 Å². The van der Waals surface area contributed by atoms with Crippen molar-refractivity contribution < 1.29 is 0 Å². The van der Waals surface area contributed by atoms with E-state index in [4.69, 9.17) is 4.98 Å². The molecule has 0 aliphatic heterocycles. The van der Waals surface area contributed by atoms with Crippen molar-refractivity contribution in [2.75, 3.05) is 13.6 Å². The Morgan fingerprint density at radius 1 is 1.33 bits per heavy atom. The van der Waals surface area contributed by atoms with Crippen molar-refractivity contribution >= 4 is 0 Å². The predicted octanol–water partition coefficient (Wildman–Crippen LogP) is 2.49. The highest BCUT2D eigenvalue weighted by atomic mass is 15.0. The second-order valence-electron chi connectivity index (χ2n) is 4.49. The molecule has 0 fully saturated rings. The second-order valence-corrected chi connectivity index (χ2v) is 4.49. The SMILES string of the molecule is CCC(CNC)c1nc(-c2ccncc2)c(C)[nH]1. The summed E-state index contributed by atoms with van der Waals surface area (Å²) in [6.45, 7) is 5.20. The molecule has 0 spiro atoms. The van der Waals surface area contributed by atoms with Crippen LogP contribution in [0, 0.1) is 6.92 Å². The molecule has 0 bridgehead atoms. The summed E-state index contributed by atoms with van der Waals surface area (Å²) in [6, 6.07) is 3.98. The van der Waals surface area contributed by atoms with E-state index in [2.05, 4.69) is 29.1 Å². The van der Waals surface area contributed by atoms with E-state index in [9.17, 15) is 0 Å². The van der Waals surface area contributed by atoms with E-state index < -0.39 is 0 Å². The van der Waals surface area contributed by atoms with Gasteiger partial charge in [-0.25, -0.2) is 4.98 Å². The van der Waals surface area contributed by atoms with Crippen molar-refractivity contribution in [2.24, 2.45) is 0 Å². The number of imidazole rings is 1. The maximum absolute atomic E-state index is 4.75. The molecule has 4 heteroatoms. The molecule has 0 aromatic carbocycles. The first kappa shape index (κ1) is 12.8. The Kier molecular flexibility index (Phi) is 4.10. The molecule has 1 atom stereocenters. The van der Waals surface area contributed by atoms with E-state index in [1.165, 1.54) is 0 Å². The Morgan fingerprint density at radius 2 is 2.06 bits per heavy atom. The third-order valence-corrected chi connectivity index (χ3v) is 3.19. The molecule has 2 heterocycles. The van der Waals surface area contributed by atoms with E-state index in [0.29, 0.717) is 5.92 Å². The average molecular weight is 244 g/mol. The summed E-state index contributed by atoms with van der Waals surface area (Å²) in [6.07, 6.45) is 4.67. The number of aromatic amines is 1.